The van der Waals surface area contributed by atoms with Crippen LogP contribution in [0.15, 0.2) is 24.3 Å². The molecule has 0 atom stereocenters. The Kier molecular flexibility index (Phi) is 5.75. The van der Waals surface area contributed by atoms with E-state index in [2.05, 4.69) is 36.3 Å². The Hall–Kier alpha value is -2.87. The van der Waals surface area contributed by atoms with E-state index in [9.17, 15) is 9.59 Å². The third-order valence-electron chi connectivity index (χ3n) is 6.33. The minimum absolute atomic E-state index is 0.0338. The van der Waals surface area contributed by atoms with Crippen molar-refractivity contribution in [3.05, 3.63) is 46.6 Å². The number of hydrogen-bond donors (Lipinski definition) is 3. The Balaban J connectivity index is 1.46. The summed E-state index contributed by atoms with van der Waals surface area (Å²) in [6.45, 7) is 7.44. The highest BCUT2D eigenvalue weighted by molar-refractivity contribution is 6.04. The number of aromatic nitrogens is 2. The largest absolute Gasteiger partial charge is 0.350 e. The lowest BCUT2D eigenvalue weighted by molar-refractivity contribution is -0.0319. The number of urea groups is 1. The molecule has 166 valence electrons. The fourth-order valence-corrected chi connectivity index (χ4v) is 4.56. The molecule has 0 bridgehead atoms. The summed E-state index contributed by atoms with van der Waals surface area (Å²) in [5.41, 5.74) is 9.34. The minimum atomic E-state index is -0.422. The number of hydrazine groups is 1. The van der Waals surface area contributed by atoms with Crippen LogP contribution in [0.4, 0.5) is 10.6 Å². The summed E-state index contributed by atoms with van der Waals surface area (Å²) in [5, 5.41) is 13.9. The number of nitrogens with zero attached hydrogens (tertiary/aromatic N) is 3. The van der Waals surface area contributed by atoms with Gasteiger partial charge in [-0.05, 0) is 36.0 Å². The molecule has 2 aromatic rings. The van der Waals surface area contributed by atoms with Gasteiger partial charge in [0.1, 0.15) is 0 Å². The number of primary amides is 1. The molecule has 1 aliphatic carbocycles. The molecule has 0 spiro atoms. The number of rotatable bonds is 4. The lowest BCUT2D eigenvalue weighted by atomic mass is 9.87. The fraction of sp³-hybridized carbons (Fsp3) is 0.522. The van der Waals surface area contributed by atoms with E-state index < -0.39 is 6.03 Å². The maximum absolute atomic E-state index is 12.8. The highest BCUT2D eigenvalue weighted by Crippen LogP contribution is 2.32. The number of hydrogen-bond acceptors (Lipinski definition) is 4. The van der Waals surface area contributed by atoms with Gasteiger partial charge in [-0.3, -0.25) is 14.9 Å². The van der Waals surface area contributed by atoms with Crippen LogP contribution in [-0.4, -0.2) is 38.2 Å². The van der Waals surface area contributed by atoms with Crippen molar-refractivity contribution in [2.45, 2.75) is 77.4 Å². The van der Waals surface area contributed by atoms with Gasteiger partial charge >= 0.3 is 6.03 Å². The average Bonchev–Trinajstić information content (AvgIpc) is 3.30. The van der Waals surface area contributed by atoms with Crippen LogP contribution in [0.2, 0.25) is 0 Å². The lowest BCUT2D eigenvalue weighted by Crippen LogP contribution is -2.52. The number of anilines is 1. The van der Waals surface area contributed by atoms with Gasteiger partial charge in [-0.15, -0.1) is 0 Å². The number of nitrogens with two attached hydrogens (primary N) is 1. The Morgan fingerprint density at radius 3 is 2.42 bits per heavy atom. The molecule has 4 rings (SSSR count). The van der Waals surface area contributed by atoms with E-state index in [0.29, 0.717) is 24.5 Å². The van der Waals surface area contributed by atoms with Crippen LogP contribution < -0.4 is 11.1 Å². The van der Waals surface area contributed by atoms with Crippen LogP contribution in [0.25, 0.3) is 0 Å². The van der Waals surface area contributed by atoms with Gasteiger partial charge in [0.15, 0.2) is 5.82 Å². The van der Waals surface area contributed by atoms with Gasteiger partial charge in [0.25, 0.3) is 5.91 Å². The first-order chi connectivity index (χ1) is 14.7. The monoisotopic (exact) mass is 424 g/mol. The molecule has 1 aliphatic heterocycles. The summed E-state index contributed by atoms with van der Waals surface area (Å²) in [6, 6.07) is 7.37. The number of amides is 3. The third-order valence-corrected chi connectivity index (χ3v) is 6.33. The summed E-state index contributed by atoms with van der Waals surface area (Å²) in [5.74, 6) is 0.308. The Labute approximate surface area is 183 Å². The molecule has 1 aromatic carbocycles. The molecular formula is C23H32N6O2. The number of fused-ring (bicyclic) bond motifs is 1. The van der Waals surface area contributed by atoms with E-state index in [1.54, 1.807) is 5.01 Å². The van der Waals surface area contributed by atoms with Gasteiger partial charge in [0.05, 0.1) is 18.3 Å². The normalized spacial score (nSPS) is 17.4. The SMILES string of the molecule is CC(C)(C)c1ccc(C(=O)Nc2n[nH]c3c2CN(N(C(N)=O)C2CCCCC2)C3)cc1. The van der Waals surface area contributed by atoms with Crippen molar-refractivity contribution in [1.29, 1.82) is 0 Å². The van der Waals surface area contributed by atoms with Crippen molar-refractivity contribution in [2.75, 3.05) is 5.32 Å². The first-order valence-electron chi connectivity index (χ1n) is 11.1. The molecule has 0 unspecified atom stereocenters. The van der Waals surface area contributed by atoms with E-state index >= 15 is 0 Å². The second-order valence-electron chi connectivity index (χ2n) is 9.61. The van der Waals surface area contributed by atoms with E-state index in [4.69, 9.17) is 5.73 Å². The van der Waals surface area contributed by atoms with Crippen molar-refractivity contribution in [1.82, 2.24) is 20.2 Å². The first-order valence-corrected chi connectivity index (χ1v) is 11.1. The Morgan fingerprint density at radius 1 is 1.13 bits per heavy atom. The molecule has 8 nitrogen and oxygen atoms in total. The third kappa shape index (κ3) is 4.44. The van der Waals surface area contributed by atoms with E-state index in [1.165, 1.54) is 12.0 Å². The molecule has 2 heterocycles. The summed E-state index contributed by atoms with van der Waals surface area (Å²) in [7, 11) is 0. The van der Waals surface area contributed by atoms with Gasteiger partial charge in [0, 0.05) is 17.7 Å². The molecular weight excluding hydrogens is 392 g/mol. The molecule has 8 heteroatoms. The van der Waals surface area contributed by atoms with Crippen LogP contribution >= 0.6 is 0 Å². The second-order valence-corrected chi connectivity index (χ2v) is 9.61. The zero-order valence-electron chi connectivity index (χ0n) is 18.6. The number of nitrogens with one attached hydrogen (secondary N) is 2. The molecule has 1 fully saturated rings. The maximum Gasteiger partial charge on any atom is 0.329 e. The standard InChI is InChI=1S/C23H32N6O2/c1-23(2,3)16-11-9-15(10-12-16)21(30)25-20-18-13-28(14-19(18)26-27-20)29(22(24)31)17-7-5-4-6-8-17/h9-12,17H,4-8,13-14H2,1-3H3,(H2,24,31)(H2,25,26,27,30). The molecule has 31 heavy (non-hydrogen) atoms. The lowest BCUT2D eigenvalue weighted by Gasteiger charge is -2.38. The predicted molar refractivity (Wildman–Crippen MR) is 119 cm³/mol. The predicted octanol–water partition coefficient (Wildman–Crippen LogP) is 3.90. The maximum atomic E-state index is 12.8. The zero-order valence-corrected chi connectivity index (χ0v) is 18.6. The first kappa shape index (κ1) is 21.4. The van der Waals surface area contributed by atoms with Crippen LogP contribution in [0, 0.1) is 0 Å². The molecule has 0 saturated heterocycles. The number of aromatic amines is 1. The van der Waals surface area contributed by atoms with Crippen LogP contribution in [-0.2, 0) is 18.5 Å². The summed E-state index contributed by atoms with van der Waals surface area (Å²) >= 11 is 0. The fourth-order valence-electron chi connectivity index (χ4n) is 4.56. The summed E-state index contributed by atoms with van der Waals surface area (Å²) < 4.78 is 0. The number of carbonyl (C=O) groups is 2. The van der Waals surface area contributed by atoms with Crippen molar-refractivity contribution < 1.29 is 9.59 Å². The molecule has 4 N–H and O–H groups in total. The van der Waals surface area contributed by atoms with Crippen LogP contribution in [0.1, 0.15) is 80.1 Å². The smallest absolute Gasteiger partial charge is 0.329 e. The molecule has 1 saturated carbocycles. The van der Waals surface area contributed by atoms with Crippen molar-refractivity contribution in [2.24, 2.45) is 5.73 Å². The highest BCUT2D eigenvalue weighted by Gasteiger charge is 2.35. The zero-order chi connectivity index (χ0) is 22.2. The average molecular weight is 425 g/mol. The van der Waals surface area contributed by atoms with Crippen molar-refractivity contribution in [3.63, 3.8) is 0 Å². The highest BCUT2D eigenvalue weighted by atomic mass is 16.2. The molecule has 2 aliphatic rings. The van der Waals surface area contributed by atoms with Gasteiger partial charge in [0.2, 0.25) is 0 Å². The van der Waals surface area contributed by atoms with Gasteiger partial charge in [-0.25, -0.2) is 9.80 Å². The van der Waals surface area contributed by atoms with Crippen molar-refractivity contribution >= 4 is 17.8 Å². The van der Waals surface area contributed by atoms with Crippen LogP contribution in [0.5, 0.6) is 0 Å². The number of H-pyrrole nitrogens is 1. The molecule has 1 aromatic heterocycles. The van der Waals surface area contributed by atoms with Gasteiger partial charge < -0.3 is 11.1 Å². The topological polar surface area (TPSA) is 107 Å². The van der Waals surface area contributed by atoms with E-state index in [0.717, 1.165) is 36.9 Å². The Morgan fingerprint density at radius 2 is 1.81 bits per heavy atom. The minimum Gasteiger partial charge on any atom is -0.350 e. The number of benzene rings is 1. The van der Waals surface area contributed by atoms with E-state index in [1.807, 2.05) is 29.3 Å². The van der Waals surface area contributed by atoms with Crippen LogP contribution in [0.3, 0.4) is 0 Å². The summed E-state index contributed by atoms with van der Waals surface area (Å²) in [4.78, 5) is 25.0. The summed E-state index contributed by atoms with van der Waals surface area (Å²) in [6.07, 6.45) is 5.38. The Bertz CT molecular complexity index is 953. The van der Waals surface area contributed by atoms with Gasteiger partial charge in [-0.2, -0.15) is 5.10 Å². The van der Waals surface area contributed by atoms with E-state index in [-0.39, 0.29) is 17.4 Å². The second kappa shape index (κ2) is 8.34. The molecule has 0 radical (unpaired) electrons. The molecule has 3 amide bonds. The van der Waals surface area contributed by atoms with Gasteiger partial charge in [-0.1, -0.05) is 52.2 Å². The van der Waals surface area contributed by atoms with Crippen molar-refractivity contribution in [3.8, 4) is 0 Å². The quantitative estimate of drug-likeness (QED) is 0.692. The number of carbonyl (C=O) groups excluding carboxylic acids is 2.